The number of amides is 1. The van der Waals surface area contributed by atoms with Crippen LogP contribution in [0.25, 0.3) is 0 Å². The second kappa shape index (κ2) is 17.8. The maximum absolute atomic E-state index is 12.3. The molecule has 2 N–H and O–H groups in total. The summed E-state index contributed by atoms with van der Waals surface area (Å²) in [6, 6.07) is 2.78. The number of carbonyl (C=O) groups is 1. The maximum Gasteiger partial charge on any atom is 0.277 e. The minimum Gasteiger partial charge on any atom is -0.362 e. The van der Waals surface area contributed by atoms with Crippen molar-refractivity contribution in [3.8, 4) is 0 Å². The predicted octanol–water partition coefficient (Wildman–Crippen LogP) is 6.59. The minimum absolute atomic E-state index is 0.0915. The van der Waals surface area contributed by atoms with Crippen LogP contribution in [-0.2, 0) is 0 Å². The lowest BCUT2D eigenvalue weighted by atomic mass is 10.0. The summed E-state index contributed by atoms with van der Waals surface area (Å²) >= 11 is 5.09. The number of hydrogen-bond acceptors (Lipinski definition) is 6. The van der Waals surface area contributed by atoms with Gasteiger partial charge in [0.1, 0.15) is 0 Å². The van der Waals surface area contributed by atoms with E-state index in [2.05, 4.69) is 17.6 Å². The number of hydrogen-bond donors (Lipinski definition) is 2. The monoisotopic (exact) mass is 494 g/mol. The quantitative estimate of drug-likeness (QED) is 0.102. The van der Waals surface area contributed by atoms with Gasteiger partial charge in [0.2, 0.25) is 0 Å². The summed E-state index contributed by atoms with van der Waals surface area (Å²) < 4.78 is 0. The average Bonchev–Trinajstić information content (AvgIpc) is 2.81. The van der Waals surface area contributed by atoms with E-state index in [0.29, 0.717) is 6.54 Å². The van der Waals surface area contributed by atoms with E-state index in [9.17, 15) is 25.0 Å². The molecule has 0 saturated heterocycles. The van der Waals surface area contributed by atoms with E-state index < -0.39 is 27.1 Å². The van der Waals surface area contributed by atoms with Gasteiger partial charge in [0.05, 0.1) is 21.5 Å². The largest absolute Gasteiger partial charge is 0.362 e. The van der Waals surface area contributed by atoms with Gasteiger partial charge in [-0.15, -0.1) is 0 Å². The van der Waals surface area contributed by atoms with Crippen LogP contribution < -0.4 is 10.6 Å². The Morgan fingerprint density at radius 2 is 1.18 bits per heavy atom. The highest BCUT2D eigenvalue weighted by atomic mass is 32.1. The number of benzene rings is 1. The molecule has 190 valence electrons. The summed E-state index contributed by atoms with van der Waals surface area (Å²) in [6.45, 7) is 2.85. The second-order valence-corrected chi connectivity index (χ2v) is 8.97. The van der Waals surface area contributed by atoms with E-state index in [0.717, 1.165) is 37.5 Å². The molecule has 0 saturated carbocycles. The first-order chi connectivity index (χ1) is 16.3. The molecule has 1 rings (SSSR count). The topological polar surface area (TPSA) is 127 Å². The number of nitrogens with zero attached hydrogens (tertiary/aromatic N) is 2. The first-order valence-corrected chi connectivity index (χ1v) is 12.8. The molecule has 9 nitrogen and oxygen atoms in total. The molecule has 1 aromatic carbocycles. The fourth-order valence-corrected chi connectivity index (χ4v) is 3.87. The summed E-state index contributed by atoms with van der Waals surface area (Å²) in [4.78, 5) is 32.6. The van der Waals surface area contributed by atoms with Gasteiger partial charge in [-0.2, -0.15) is 0 Å². The van der Waals surface area contributed by atoms with Crippen molar-refractivity contribution >= 4 is 34.6 Å². The van der Waals surface area contributed by atoms with Crippen LogP contribution >= 0.6 is 12.2 Å². The third kappa shape index (κ3) is 13.2. The van der Waals surface area contributed by atoms with E-state index in [-0.39, 0.29) is 10.7 Å². The molecule has 0 spiro atoms. The van der Waals surface area contributed by atoms with Crippen LogP contribution in [-0.4, -0.2) is 27.4 Å². The molecule has 34 heavy (non-hydrogen) atoms. The van der Waals surface area contributed by atoms with Crippen LogP contribution in [0.2, 0.25) is 0 Å². The standard InChI is InChI=1S/C24H38N4O5S/c1-2-3-4-5-6-7-8-9-10-11-12-13-14-15-16-25-24(34)26-23(29)20-17-21(27(30)31)19-22(18-20)28(32)33/h17-19H,2-16H2,1H3,(H2,25,26,29,34). The average molecular weight is 495 g/mol. The molecule has 0 radical (unpaired) electrons. The molecule has 0 unspecified atom stereocenters. The van der Waals surface area contributed by atoms with Gasteiger partial charge in [-0.25, -0.2) is 0 Å². The molecule has 0 aromatic heterocycles. The number of rotatable bonds is 18. The predicted molar refractivity (Wildman–Crippen MR) is 138 cm³/mol. The first kappa shape index (κ1) is 29.4. The lowest BCUT2D eigenvalue weighted by Crippen LogP contribution is -2.39. The third-order valence-corrected chi connectivity index (χ3v) is 5.88. The second-order valence-electron chi connectivity index (χ2n) is 8.56. The Hall–Kier alpha value is -2.62. The van der Waals surface area contributed by atoms with Crippen LogP contribution in [0.3, 0.4) is 0 Å². The Labute approximate surface area is 207 Å². The molecular formula is C24H38N4O5S. The normalized spacial score (nSPS) is 10.6. The highest BCUT2D eigenvalue weighted by Crippen LogP contribution is 2.22. The lowest BCUT2D eigenvalue weighted by molar-refractivity contribution is -0.394. The molecule has 0 fully saturated rings. The van der Waals surface area contributed by atoms with Crippen molar-refractivity contribution in [2.45, 2.75) is 96.8 Å². The van der Waals surface area contributed by atoms with Gasteiger partial charge in [-0.05, 0) is 18.6 Å². The number of thiocarbonyl (C=S) groups is 1. The highest BCUT2D eigenvalue weighted by Gasteiger charge is 2.20. The van der Waals surface area contributed by atoms with Crippen LogP contribution in [0.4, 0.5) is 11.4 Å². The first-order valence-electron chi connectivity index (χ1n) is 12.4. The molecule has 0 aliphatic carbocycles. The van der Waals surface area contributed by atoms with Gasteiger partial charge in [0.15, 0.2) is 5.11 Å². The number of carbonyl (C=O) groups excluding carboxylic acids is 1. The molecule has 10 heteroatoms. The molecule has 1 aromatic rings. The van der Waals surface area contributed by atoms with Crippen molar-refractivity contribution < 1.29 is 14.6 Å². The zero-order valence-electron chi connectivity index (χ0n) is 20.2. The Morgan fingerprint density at radius 1 is 0.765 bits per heavy atom. The summed E-state index contributed by atoms with van der Waals surface area (Å²) in [6.07, 6.45) is 17.8. The van der Waals surface area contributed by atoms with Gasteiger partial charge >= 0.3 is 0 Å². The van der Waals surface area contributed by atoms with Crippen LogP contribution in [0.1, 0.15) is 107 Å². The van der Waals surface area contributed by atoms with E-state index in [4.69, 9.17) is 12.2 Å². The van der Waals surface area contributed by atoms with Crippen LogP contribution in [0, 0.1) is 20.2 Å². The van der Waals surface area contributed by atoms with E-state index in [1.54, 1.807) is 0 Å². The van der Waals surface area contributed by atoms with Gasteiger partial charge in [-0.3, -0.25) is 30.3 Å². The summed E-state index contributed by atoms with van der Waals surface area (Å²) in [7, 11) is 0. The van der Waals surface area contributed by atoms with Crippen LogP contribution in [0.5, 0.6) is 0 Å². The molecular weight excluding hydrogens is 456 g/mol. The highest BCUT2D eigenvalue weighted by molar-refractivity contribution is 7.80. The fraction of sp³-hybridized carbons (Fsp3) is 0.667. The van der Waals surface area contributed by atoms with Crippen molar-refractivity contribution in [2.75, 3.05) is 6.54 Å². The fourth-order valence-electron chi connectivity index (χ4n) is 3.68. The maximum atomic E-state index is 12.3. The Morgan fingerprint density at radius 3 is 1.59 bits per heavy atom. The number of nitro benzene ring substituents is 2. The van der Waals surface area contributed by atoms with Crippen molar-refractivity contribution in [2.24, 2.45) is 0 Å². The zero-order chi connectivity index (χ0) is 25.2. The van der Waals surface area contributed by atoms with E-state index >= 15 is 0 Å². The van der Waals surface area contributed by atoms with Gasteiger partial charge < -0.3 is 5.32 Å². The minimum atomic E-state index is -0.782. The Bertz CT molecular complexity index is 771. The summed E-state index contributed by atoms with van der Waals surface area (Å²) in [5.74, 6) is -0.731. The zero-order valence-corrected chi connectivity index (χ0v) is 21.0. The molecule has 0 bridgehead atoms. The third-order valence-electron chi connectivity index (χ3n) is 5.63. The van der Waals surface area contributed by atoms with Crippen LogP contribution in [0.15, 0.2) is 18.2 Å². The van der Waals surface area contributed by atoms with Crippen molar-refractivity contribution in [1.29, 1.82) is 0 Å². The van der Waals surface area contributed by atoms with E-state index in [1.165, 1.54) is 70.6 Å². The Balaban J connectivity index is 2.12. The van der Waals surface area contributed by atoms with Crippen molar-refractivity contribution in [3.63, 3.8) is 0 Å². The molecule has 0 aliphatic rings. The van der Waals surface area contributed by atoms with Crippen molar-refractivity contribution in [1.82, 2.24) is 10.6 Å². The number of non-ortho nitro benzene ring substituents is 2. The molecule has 1 amide bonds. The summed E-state index contributed by atoms with van der Waals surface area (Å²) in [5.41, 5.74) is -1.25. The SMILES string of the molecule is CCCCCCCCCCCCCCCCNC(=S)NC(=O)c1cc([N+](=O)[O-])cc([N+](=O)[O-])c1. The van der Waals surface area contributed by atoms with Gasteiger partial charge in [0, 0.05) is 18.7 Å². The number of nitrogens with one attached hydrogen (secondary N) is 2. The van der Waals surface area contributed by atoms with Gasteiger partial charge in [-0.1, -0.05) is 90.4 Å². The number of unbranched alkanes of at least 4 members (excludes halogenated alkanes) is 13. The molecule has 0 atom stereocenters. The molecule has 0 aliphatic heterocycles. The Kier molecular flexibility index (Phi) is 15.4. The summed E-state index contributed by atoms with van der Waals surface area (Å²) in [5, 5.41) is 27.3. The lowest BCUT2D eigenvalue weighted by Gasteiger charge is -2.09. The van der Waals surface area contributed by atoms with Gasteiger partial charge in [0.25, 0.3) is 17.3 Å². The molecule has 0 heterocycles. The van der Waals surface area contributed by atoms with Crippen molar-refractivity contribution in [3.05, 3.63) is 44.0 Å². The van der Waals surface area contributed by atoms with E-state index in [1.807, 2.05) is 0 Å². The number of nitro groups is 2. The smallest absolute Gasteiger partial charge is 0.277 e.